The number of halogens is 1. The molecule has 0 aliphatic rings. The summed E-state index contributed by atoms with van der Waals surface area (Å²) in [7, 11) is 0. The fraction of sp³-hybridized carbons (Fsp3) is 0.364. The van der Waals surface area contributed by atoms with Gasteiger partial charge in [-0.25, -0.2) is 0 Å². The molecule has 2 nitrogen and oxygen atoms in total. The minimum Gasteiger partial charge on any atom is -0.356 e. The van der Waals surface area contributed by atoms with Crippen molar-refractivity contribution < 1.29 is 4.79 Å². The second-order valence-corrected chi connectivity index (χ2v) is 3.22. The molecule has 1 rings (SSSR count). The highest BCUT2D eigenvalue weighted by molar-refractivity contribution is 5.85. The van der Waals surface area contributed by atoms with E-state index in [-0.39, 0.29) is 18.3 Å². The molecule has 0 heterocycles. The summed E-state index contributed by atoms with van der Waals surface area (Å²) in [6.07, 6.45) is 0.903. The molecule has 1 N–H and O–H groups in total. The lowest BCUT2D eigenvalue weighted by Crippen LogP contribution is -2.22. The molecule has 0 atom stereocenters. The molecule has 0 unspecified atom stereocenters. The summed E-state index contributed by atoms with van der Waals surface area (Å²) in [6.45, 7) is 4.32. The van der Waals surface area contributed by atoms with Gasteiger partial charge in [-0.2, -0.15) is 0 Å². The molecule has 0 saturated heterocycles. The van der Waals surface area contributed by atoms with Gasteiger partial charge in [0, 0.05) is 13.5 Å². The van der Waals surface area contributed by atoms with Crippen molar-refractivity contribution in [2.75, 3.05) is 6.54 Å². The van der Waals surface area contributed by atoms with Crippen molar-refractivity contribution in [3.63, 3.8) is 0 Å². The van der Waals surface area contributed by atoms with Gasteiger partial charge >= 0.3 is 0 Å². The van der Waals surface area contributed by atoms with E-state index < -0.39 is 0 Å². The lowest BCUT2D eigenvalue weighted by molar-refractivity contribution is -0.118. The second kappa shape index (κ2) is 6.44. The second-order valence-electron chi connectivity index (χ2n) is 3.22. The number of hydrogen-bond acceptors (Lipinski definition) is 1. The van der Waals surface area contributed by atoms with Crippen LogP contribution in [0.3, 0.4) is 0 Å². The first-order valence-corrected chi connectivity index (χ1v) is 4.48. The van der Waals surface area contributed by atoms with Crippen molar-refractivity contribution >= 4 is 18.3 Å². The zero-order valence-corrected chi connectivity index (χ0v) is 9.36. The van der Waals surface area contributed by atoms with Gasteiger partial charge in [0.15, 0.2) is 0 Å². The summed E-state index contributed by atoms with van der Waals surface area (Å²) < 4.78 is 0. The van der Waals surface area contributed by atoms with Crippen molar-refractivity contribution in [2.24, 2.45) is 0 Å². The van der Waals surface area contributed by atoms with Crippen LogP contribution >= 0.6 is 12.4 Å². The Morgan fingerprint density at radius 1 is 1.29 bits per heavy atom. The van der Waals surface area contributed by atoms with Crippen molar-refractivity contribution in [3.05, 3.63) is 35.4 Å². The van der Waals surface area contributed by atoms with E-state index in [9.17, 15) is 4.79 Å². The molecule has 14 heavy (non-hydrogen) atoms. The van der Waals surface area contributed by atoms with Gasteiger partial charge in [0.25, 0.3) is 0 Å². The molecule has 0 spiro atoms. The van der Waals surface area contributed by atoms with E-state index in [0.717, 1.165) is 13.0 Å². The molecule has 0 aliphatic heterocycles. The van der Waals surface area contributed by atoms with E-state index in [1.54, 1.807) is 0 Å². The van der Waals surface area contributed by atoms with Gasteiger partial charge in [-0.15, -0.1) is 12.4 Å². The summed E-state index contributed by atoms with van der Waals surface area (Å²) in [4.78, 5) is 10.6. The monoisotopic (exact) mass is 213 g/mol. The number of carbonyl (C=O) groups excluding carboxylic acids is 1. The van der Waals surface area contributed by atoms with E-state index in [4.69, 9.17) is 0 Å². The number of aryl methyl sites for hydroxylation is 1. The van der Waals surface area contributed by atoms with Crippen LogP contribution in [0.2, 0.25) is 0 Å². The average molecular weight is 214 g/mol. The molecule has 78 valence electrons. The first kappa shape index (κ1) is 13.0. The maximum Gasteiger partial charge on any atom is 0.216 e. The van der Waals surface area contributed by atoms with Crippen LogP contribution in [0.4, 0.5) is 0 Å². The third-order valence-electron chi connectivity index (χ3n) is 1.91. The Bertz CT molecular complexity index is 282. The number of carbonyl (C=O) groups is 1. The molecule has 1 aromatic rings. The number of amides is 1. The highest BCUT2D eigenvalue weighted by Crippen LogP contribution is 2.02. The van der Waals surface area contributed by atoms with E-state index in [1.807, 2.05) is 0 Å². The number of benzene rings is 1. The Morgan fingerprint density at radius 2 is 1.86 bits per heavy atom. The van der Waals surface area contributed by atoms with Crippen LogP contribution in [0, 0.1) is 6.92 Å². The van der Waals surface area contributed by atoms with Crippen molar-refractivity contribution in [3.8, 4) is 0 Å². The minimum absolute atomic E-state index is 0. The summed E-state index contributed by atoms with van der Waals surface area (Å²) in [5.41, 5.74) is 2.53. The Labute approximate surface area is 91.1 Å². The molecule has 1 aromatic carbocycles. The summed E-state index contributed by atoms with van der Waals surface area (Å²) >= 11 is 0. The van der Waals surface area contributed by atoms with Gasteiger partial charge < -0.3 is 5.32 Å². The van der Waals surface area contributed by atoms with Crippen LogP contribution < -0.4 is 5.32 Å². The molecule has 1 amide bonds. The lowest BCUT2D eigenvalue weighted by atomic mass is 10.1. The largest absolute Gasteiger partial charge is 0.356 e. The molecular formula is C11H16ClNO. The first-order chi connectivity index (χ1) is 6.18. The molecule has 0 fully saturated rings. The lowest BCUT2D eigenvalue weighted by Gasteiger charge is -2.02. The van der Waals surface area contributed by atoms with Crippen LogP contribution in [-0.2, 0) is 11.2 Å². The highest BCUT2D eigenvalue weighted by atomic mass is 35.5. The minimum atomic E-state index is 0. The molecule has 3 heteroatoms. The fourth-order valence-corrected chi connectivity index (χ4v) is 1.14. The Hall–Kier alpha value is -1.02. The fourth-order valence-electron chi connectivity index (χ4n) is 1.14. The van der Waals surface area contributed by atoms with Gasteiger partial charge in [-0.3, -0.25) is 4.79 Å². The third-order valence-corrected chi connectivity index (χ3v) is 1.91. The standard InChI is InChI=1S/C11H15NO.ClH/c1-9-3-5-11(6-4-9)7-8-12-10(2)13;/h3-6H,7-8H2,1-2H3,(H,12,13);1H. The van der Waals surface area contributed by atoms with Gasteiger partial charge in [0.05, 0.1) is 0 Å². The Morgan fingerprint density at radius 3 is 2.36 bits per heavy atom. The quantitative estimate of drug-likeness (QED) is 0.819. The van der Waals surface area contributed by atoms with Crippen LogP contribution in [0.5, 0.6) is 0 Å². The number of nitrogens with one attached hydrogen (secondary N) is 1. The maximum absolute atomic E-state index is 10.6. The number of hydrogen-bond donors (Lipinski definition) is 1. The van der Waals surface area contributed by atoms with Gasteiger partial charge in [-0.05, 0) is 18.9 Å². The maximum atomic E-state index is 10.6. The molecule has 0 aromatic heterocycles. The van der Waals surface area contributed by atoms with Crippen molar-refractivity contribution in [1.82, 2.24) is 5.32 Å². The summed E-state index contributed by atoms with van der Waals surface area (Å²) in [5, 5.41) is 2.77. The van der Waals surface area contributed by atoms with E-state index >= 15 is 0 Å². The van der Waals surface area contributed by atoms with Gasteiger partial charge in [-0.1, -0.05) is 29.8 Å². The predicted molar refractivity (Wildman–Crippen MR) is 60.8 cm³/mol. The van der Waals surface area contributed by atoms with E-state index in [2.05, 4.69) is 36.5 Å². The molecule has 0 saturated carbocycles. The zero-order valence-electron chi connectivity index (χ0n) is 8.54. The Balaban J connectivity index is 0.00000169. The molecular weight excluding hydrogens is 198 g/mol. The van der Waals surface area contributed by atoms with Crippen LogP contribution in [0.25, 0.3) is 0 Å². The SMILES string of the molecule is CC(=O)NCCc1ccc(C)cc1.Cl. The van der Waals surface area contributed by atoms with Crippen molar-refractivity contribution in [1.29, 1.82) is 0 Å². The van der Waals surface area contributed by atoms with E-state index in [0.29, 0.717) is 0 Å². The normalized spacial score (nSPS) is 9.00. The van der Waals surface area contributed by atoms with Gasteiger partial charge in [0.1, 0.15) is 0 Å². The summed E-state index contributed by atoms with van der Waals surface area (Å²) in [6, 6.07) is 8.36. The average Bonchev–Trinajstić information content (AvgIpc) is 2.08. The third kappa shape index (κ3) is 4.87. The number of rotatable bonds is 3. The van der Waals surface area contributed by atoms with Gasteiger partial charge in [0.2, 0.25) is 5.91 Å². The predicted octanol–water partition coefficient (Wildman–Crippen LogP) is 2.10. The Kier molecular flexibility index (Phi) is 5.97. The summed E-state index contributed by atoms with van der Waals surface area (Å²) in [5.74, 6) is 0.0344. The first-order valence-electron chi connectivity index (χ1n) is 4.48. The molecule has 0 radical (unpaired) electrons. The smallest absolute Gasteiger partial charge is 0.216 e. The molecule has 0 aliphatic carbocycles. The van der Waals surface area contributed by atoms with E-state index in [1.165, 1.54) is 18.1 Å². The van der Waals surface area contributed by atoms with Crippen LogP contribution in [0.15, 0.2) is 24.3 Å². The van der Waals surface area contributed by atoms with Crippen molar-refractivity contribution in [2.45, 2.75) is 20.3 Å². The zero-order chi connectivity index (χ0) is 9.68. The highest BCUT2D eigenvalue weighted by Gasteiger charge is 1.93. The van der Waals surface area contributed by atoms with Crippen LogP contribution in [0.1, 0.15) is 18.1 Å². The topological polar surface area (TPSA) is 29.1 Å². The van der Waals surface area contributed by atoms with Crippen LogP contribution in [-0.4, -0.2) is 12.5 Å². The molecule has 0 bridgehead atoms.